The van der Waals surface area contributed by atoms with Crippen LogP contribution < -0.4 is 5.32 Å². The Morgan fingerprint density at radius 1 is 1.55 bits per heavy atom. The normalized spacial score (nSPS) is 18.3. The zero-order valence-corrected chi connectivity index (χ0v) is 12.1. The van der Waals surface area contributed by atoms with Gasteiger partial charge in [-0.15, -0.1) is 0 Å². The van der Waals surface area contributed by atoms with Crippen LogP contribution in [0, 0.1) is 21.4 Å². The number of benzene rings is 1. The first kappa shape index (κ1) is 14.2. The van der Waals surface area contributed by atoms with Crippen molar-refractivity contribution in [3.63, 3.8) is 0 Å². The maximum absolute atomic E-state index is 11.3. The van der Waals surface area contributed by atoms with E-state index < -0.39 is 4.92 Å². The fourth-order valence-corrected chi connectivity index (χ4v) is 2.80. The molecule has 7 heteroatoms. The number of hydrogen-bond donors (Lipinski definition) is 1. The molecule has 1 atom stereocenters. The van der Waals surface area contributed by atoms with Crippen LogP contribution >= 0.6 is 0 Å². The summed E-state index contributed by atoms with van der Waals surface area (Å²) >= 11 is 0. The molecule has 1 aliphatic rings. The van der Waals surface area contributed by atoms with E-state index in [1.54, 1.807) is 18.2 Å². The first-order valence-electron chi connectivity index (χ1n) is 7.01. The van der Waals surface area contributed by atoms with Gasteiger partial charge >= 0.3 is 5.69 Å². The summed E-state index contributed by atoms with van der Waals surface area (Å²) in [5.41, 5.74) is 1.49. The van der Waals surface area contributed by atoms with Crippen molar-refractivity contribution in [1.29, 1.82) is 5.26 Å². The highest BCUT2D eigenvalue weighted by atomic mass is 16.6. The molecule has 2 aromatic rings. The van der Waals surface area contributed by atoms with Crippen LogP contribution in [0.4, 0.5) is 11.4 Å². The number of likely N-dealkylation sites (N-methyl/N-ethyl adjacent to an activating group) is 1. The van der Waals surface area contributed by atoms with E-state index in [-0.39, 0.29) is 11.7 Å². The van der Waals surface area contributed by atoms with E-state index in [1.807, 2.05) is 7.05 Å². The Morgan fingerprint density at radius 3 is 3.00 bits per heavy atom. The van der Waals surface area contributed by atoms with Crippen LogP contribution in [-0.2, 0) is 0 Å². The number of likely N-dealkylation sites (tertiary alicyclic amines) is 1. The number of fused-ring (bicyclic) bond motifs is 1. The van der Waals surface area contributed by atoms with Gasteiger partial charge in [-0.1, -0.05) is 0 Å². The summed E-state index contributed by atoms with van der Waals surface area (Å²) in [6.45, 7) is 1.79. The largest absolute Gasteiger partial charge is 0.375 e. The van der Waals surface area contributed by atoms with Crippen LogP contribution in [0.1, 0.15) is 12.0 Å². The molecule has 1 saturated heterocycles. The number of nitrogens with one attached hydrogen (secondary N) is 1. The standard InChI is InChI=1S/C15H15N5O2/c1-19-5-4-11(9-19)18-15-12-6-10(7-16)2-3-13(12)17-8-14(15)20(21)22/h2-3,6,8,11H,4-5,9H2,1H3,(H,17,18)/t11-/m1/s1. The summed E-state index contributed by atoms with van der Waals surface area (Å²) in [6, 6.07) is 7.24. The highest BCUT2D eigenvalue weighted by Crippen LogP contribution is 2.33. The zero-order valence-electron chi connectivity index (χ0n) is 12.1. The van der Waals surface area contributed by atoms with Gasteiger partial charge in [0.15, 0.2) is 0 Å². The molecule has 0 amide bonds. The molecule has 22 heavy (non-hydrogen) atoms. The number of nitriles is 1. The molecule has 112 valence electrons. The average Bonchev–Trinajstić information content (AvgIpc) is 2.92. The Balaban J connectivity index is 2.12. The molecule has 0 aliphatic carbocycles. The molecular formula is C15H15N5O2. The van der Waals surface area contributed by atoms with Gasteiger partial charge in [0.1, 0.15) is 11.9 Å². The van der Waals surface area contributed by atoms with Crippen molar-refractivity contribution in [1.82, 2.24) is 9.88 Å². The molecule has 1 aromatic heterocycles. The molecular weight excluding hydrogens is 282 g/mol. The summed E-state index contributed by atoms with van der Waals surface area (Å²) in [4.78, 5) is 17.2. The lowest BCUT2D eigenvalue weighted by Crippen LogP contribution is -2.24. The molecule has 1 fully saturated rings. The van der Waals surface area contributed by atoms with Crippen molar-refractivity contribution in [3.8, 4) is 6.07 Å². The van der Waals surface area contributed by atoms with Gasteiger partial charge < -0.3 is 10.2 Å². The van der Waals surface area contributed by atoms with Gasteiger partial charge in [0.25, 0.3) is 0 Å². The van der Waals surface area contributed by atoms with Crippen molar-refractivity contribution in [3.05, 3.63) is 40.1 Å². The Kier molecular flexibility index (Phi) is 3.61. The molecule has 1 aromatic carbocycles. The lowest BCUT2D eigenvalue weighted by atomic mass is 10.1. The van der Waals surface area contributed by atoms with Gasteiger partial charge in [0.2, 0.25) is 0 Å². The monoisotopic (exact) mass is 297 g/mol. The van der Waals surface area contributed by atoms with E-state index in [2.05, 4.69) is 21.3 Å². The summed E-state index contributed by atoms with van der Waals surface area (Å²) in [5.74, 6) is 0. The lowest BCUT2D eigenvalue weighted by Gasteiger charge is -2.16. The molecule has 7 nitrogen and oxygen atoms in total. The van der Waals surface area contributed by atoms with Gasteiger partial charge in [-0.3, -0.25) is 10.1 Å². The number of pyridine rings is 1. The first-order chi connectivity index (χ1) is 10.6. The number of nitro groups is 1. The van der Waals surface area contributed by atoms with Crippen LogP contribution in [-0.4, -0.2) is 41.0 Å². The molecule has 0 spiro atoms. The van der Waals surface area contributed by atoms with Gasteiger partial charge in [-0.05, 0) is 38.2 Å². The maximum atomic E-state index is 11.3. The second-order valence-electron chi connectivity index (χ2n) is 5.51. The molecule has 0 bridgehead atoms. The van der Waals surface area contributed by atoms with Crippen LogP contribution in [0.15, 0.2) is 24.4 Å². The van der Waals surface area contributed by atoms with Crippen molar-refractivity contribution in [2.24, 2.45) is 0 Å². The van der Waals surface area contributed by atoms with Crippen LogP contribution in [0.3, 0.4) is 0 Å². The third-order valence-corrected chi connectivity index (χ3v) is 3.91. The molecule has 0 unspecified atom stereocenters. The van der Waals surface area contributed by atoms with Gasteiger partial charge in [0, 0.05) is 18.0 Å². The fourth-order valence-electron chi connectivity index (χ4n) is 2.80. The number of aromatic nitrogens is 1. The number of rotatable bonds is 3. The second-order valence-corrected chi connectivity index (χ2v) is 5.51. The third kappa shape index (κ3) is 2.56. The highest BCUT2D eigenvalue weighted by molar-refractivity contribution is 5.96. The van der Waals surface area contributed by atoms with Crippen LogP contribution in [0.2, 0.25) is 0 Å². The van der Waals surface area contributed by atoms with Crippen molar-refractivity contribution >= 4 is 22.3 Å². The predicted molar refractivity (Wildman–Crippen MR) is 82.6 cm³/mol. The Hall–Kier alpha value is -2.72. The molecule has 3 rings (SSSR count). The molecule has 0 radical (unpaired) electrons. The zero-order chi connectivity index (χ0) is 15.7. The van der Waals surface area contributed by atoms with Gasteiger partial charge in [-0.2, -0.15) is 5.26 Å². The Morgan fingerprint density at radius 2 is 2.36 bits per heavy atom. The number of hydrogen-bond acceptors (Lipinski definition) is 6. The van der Waals surface area contributed by atoms with Crippen molar-refractivity contribution < 1.29 is 4.92 Å². The van der Waals surface area contributed by atoms with Crippen LogP contribution in [0.5, 0.6) is 0 Å². The average molecular weight is 297 g/mol. The Bertz CT molecular complexity index is 783. The van der Waals surface area contributed by atoms with E-state index in [1.165, 1.54) is 6.20 Å². The van der Waals surface area contributed by atoms with Gasteiger partial charge in [0.05, 0.1) is 22.1 Å². The maximum Gasteiger partial charge on any atom is 0.311 e. The third-order valence-electron chi connectivity index (χ3n) is 3.91. The summed E-state index contributed by atoms with van der Waals surface area (Å²) in [5, 5.41) is 24.3. The first-order valence-corrected chi connectivity index (χ1v) is 7.01. The van der Waals surface area contributed by atoms with E-state index in [0.717, 1.165) is 19.5 Å². The summed E-state index contributed by atoms with van der Waals surface area (Å²) in [6.07, 6.45) is 2.20. The van der Waals surface area contributed by atoms with Crippen molar-refractivity contribution in [2.75, 3.05) is 25.5 Å². The minimum atomic E-state index is -0.438. The minimum Gasteiger partial charge on any atom is -0.375 e. The Labute approximate surface area is 127 Å². The van der Waals surface area contributed by atoms with E-state index >= 15 is 0 Å². The number of nitrogens with zero attached hydrogens (tertiary/aromatic N) is 4. The van der Waals surface area contributed by atoms with E-state index in [0.29, 0.717) is 22.2 Å². The SMILES string of the molecule is CN1CC[C@@H](Nc2c([N+](=O)[O-])cnc3ccc(C#N)cc23)C1. The quantitative estimate of drug-likeness (QED) is 0.688. The minimum absolute atomic E-state index is 0.0582. The van der Waals surface area contributed by atoms with E-state index in [9.17, 15) is 10.1 Å². The molecule has 1 N–H and O–H groups in total. The molecule has 1 aliphatic heterocycles. The molecule has 2 heterocycles. The predicted octanol–water partition coefficient (Wildman–Crippen LogP) is 2.13. The van der Waals surface area contributed by atoms with Gasteiger partial charge in [-0.25, -0.2) is 4.98 Å². The van der Waals surface area contributed by atoms with E-state index in [4.69, 9.17) is 5.26 Å². The number of anilines is 1. The molecule has 0 saturated carbocycles. The smallest absolute Gasteiger partial charge is 0.311 e. The van der Waals surface area contributed by atoms with Crippen molar-refractivity contribution in [2.45, 2.75) is 12.5 Å². The van der Waals surface area contributed by atoms with Crippen LogP contribution in [0.25, 0.3) is 10.9 Å². The summed E-state index contributed by atoms with van der Waals surface area (Å²) < 4.78 is 0. The fraction of sp³-hybridized carbons (Fsp3) is 0.333. The second kappa shape index (κ2) is 5.58. The topological polar surface area (TPSA) is 95.1 Å². The summed E-state index contributed by atoms with van der Waals surface area (Å²) in [7, 11) is 2.02. The lowest BCUT2D eigenvalue weighted by molar-refractivity contribution is -0.384. The highest BCUT2D eigenvalue weighted by Gasteiger charge is 2.25.